The van der Waals surface area contributed by atoms with Crippen molar-refractivity contribution in [1.82, 2.24) is 14.7 Å². The summed E-state index contributed by atoms with van der Waals surface area (Å²) in [5.41, 5.74) is 4.30. The minimum Gasteiger partial charge on any atom is -0.497 e. The molecule has 2 amide bonds. The SMILES string of the molecule is CCCN(CC(=O)Nc1cc(C(C)(C)C)nn1-c1cccc(C)c1C)C(=O)c1cccc(OC)c1. The summed E-state index contributed by atoms with van der Waals surface area (Å²) in [6.07, 6.45) is 0.734. The van der Waals surface area contributed by atoms with Gasteiger partial charge >= 0.3 is 0 Å². The fraction of sp³-hybridized carbons (Fsp3) is 0.393. The van der Waals surface area contributed by atoms with Crippen LogP contribution in [0.2, 0.25) is 0 Å². The number of carbonyl (C=O) groups excluding carboxylic acids is 2. The zero-order valence-electron chi connectivity index (χ0n) is 21.8. The first-order chi connectivity index (χ1) is 16.5. The monoisotopic (exact) mass is 476 g/mol. The van der Waals surface area contributed by atoms with Crippen LogP contribution in [0.1, 0.15) is 61.3 Å². The highest BCUT2D eigenvalue weighted by molar-refractivity contribution is 5.99. The van der Waals surface area contributed by atoms with Gasteiger partial charge in [0.2, 0.25) is 5.91 Å². The maximum absolute atomic E-state index is 13.2. The summed E-state index contributed by atoms with van der Waals surface area (Å²) in [7, 11) is 1.56. The zero-order valence-corrected chi connectivity index (χ0v) is 21.8. The molecular weight excluding hydrogens is 440 g/mol. The van der Waals surface area contributed by atoms with Crippen molar-refractivity contribution in [3.8, 4) is 11.4 Å². The van der Waals surface area contributed by atoms with Gasteiger partial charge in [-0.05, 0) is 55.7 Å². The van der Waals surface area contributed by atoms with Crippen LogP contribution >= 0.6 is 0 Å². The molecule has 0 aliphatic heterocycles. The number of amides is 2. The van der Waals surface area contributed by atoms with Gasteiger partial charge in [0.25, 0.3) is 5.91 Å². The number of aryl methyl sites for hydroxylation is 1. The van der Waals surface area contributed by atoms with E-state index < -0.39 is 0 Å². The van der Waals surface area contributed by atoms with E-state index in [1.807, 2.05) is 32.0 Å². The van der Waals surface area contributed by atoms with Gasteiger partial charge in [-0.25, -0.2) is 4.68 Å². The fourth-order valence-electron chi connectivity index (χ4n) is 3.80. The third kappa shape index (κ3) is 6.10. The summed E-state index contributed by atoms with van der Waals surface area (Å²) in [5.74, 6) is 0.698. The second-order valence-corrected chi connectivity index (χ2v) is 9.80. The smallest absolute Gasteiger partial charge is 0.254 e. The molecule has 0 radical (unpaired) electrons. The molecule has 0 fully saturated rings. The summed E-state index contributed by atoms with van der Waals surface area (Å²) >= 11 is 0. The molecule has 0 unspecified atom stereocenters. The number of methoxy groups -OCH3 is 1. The number of hydrogen-bond acceptors (Lipinski definition) is 4. The summed E-state index contributed by atoms with van der Waals surface area (Å²) in [4.78, 5) is 27.9. The average molecular weight is 477 g/mol. The lowest BCUT2D eigenvalue weighted by Crippen LogP contribution is -2.38. The highest BCUT2D eigenvalue weighted by Crippen LogP contribution is 2.28. The van der Waals surface area contributed by atoms with Crippen LogP contribution in [-0.4, -0.2) is 46.7 Å². The van der Waals surface area contributed by atoms with Crippen molar-refractivity contribution in [3.63, 3.8) is 0 Å². The predicted molar refractivity (Wildman–Crippen MR) is 140 cm³/mol. The number of ether oxygens (including phenoxy) is 1. The number of nitrogens with one attached hydrogen (secondary N) is 1. The van der Waals surface area contributed by atoms with Crippen LogP contribution in [0.3, 0.4) is 0 Å². The molecule has 3 rings (SSSR count). The van der Waals surface area contributed by atoms with Crippen LogP contribution in [0.4, 0.5) is 5.82 Å². The van der Waals surface area contributed by atoms with E-state index in [0.29, 0.717) is 23.7 Å². The summed E-state index contributed by atoms with van der Waals surface area (Å²) in [5, 5.41) is 7.84. The highest BCUT2D eigenvalue weighted by Gasteiger charge is 2.24. The van der Waals surface area contributed by atoms with Gasteiger partial charge in [-0.2, -0.15) is 5.10 Å². The number of aromatic nitrogens is 2. The van der Waals surface area contributed by atoms with Crippen molar-refractivity contribution >= 4 is 17.6 Å². The molecule has 0 bridgehead atoms. The lowest BCUT2D eigenvalue weighted by Gasteiger charge is -2.22. The summed E-state index contributed by atoms with van der Waals surface area (Å²) < 4.78 is 7.03. The second-order valence-electron chi connectivity index (χ2n) is 9.80. The normalized spacial score (nSPS) is 11.3. The van der Waals surface area contributed by atoms with E-state index in [2.05, 4.69) is 39.1 Å². The summed E-state index contributed by atoms with van der Waals surface area (Å²) in [6, 6.07) is 14.9. The maximum Gasteiger partial charge on any atom is 0.254 e. The van der Waals surface area contributed by atoms with Crippen LogP contribution < -0.4 is 10.1 Å². The van der Waals surface area contributed by atoms with E-state index >= 15 is 0 Å². The summed E-state index contributed by atoms with van der Waals surface area (Å²) in [6.45, 7) is 12.7. The number of anilines is 1. The van der Waals surface area contributed by atoms with Crippen molar-refractivity contribution < 1.29 is 14.3 Å². The van der Waals surface area contributed by atoms with E-state index in [-0.39, 0.29) is 23.8 Å². The van der Waals surface area contributed by atoms with Crippen LogP contribution in [-0.2, 0) is 10.2 Å². The molecule has 0 atom stereocenters. The first-order valence-corrected chi connectivity index (χ1v) is 12.0. The van der Waals surface area contributed by atoms with Gasteiger partial charge in [-0.3, -0.25) is 9.59 Å². The molecular formula is C28H36N4O3. The Balaban J connectivity index is 1.89. The van der Waals surface area contributed by atoms with Crippen molar-refractivity contribution in [2.24, 2.45) is 0 Å². The molecule has 0 spiro atoms. The molecule has 1 aromatic heterocycles. The standard InChI is InChI=1S/C28H36N4O3/c1-8-15-31(27(34)21-12-10-13-22(16-21)35-7)18-26(33)29-25-17-24(28(4,5)6)30-32(25)23-14-9-11-19(2)20(23)3/h9-14,16-17H,8,15,18H2,1-7H3,(H,29,33). The first kappa shape index (κ1) is 26.0. The number of carbonyl (C=O) groups is 2. The predicted octanol–water partition coefficient (Wildman–Crippen LogP) is 5.29. The third-order valence-corrected chi connectivity index (χ3v) is 5.98. The van der Waals surface area contributed by atoms with Crippen LogP contribution in [0.15, 0.2) is 48.5 Å². The van der Waals surface area contributed by atoms with Gasteiger partial charge in [-0.15, -0.1) is 0 Å². The molecule has 186 valence electrons. The quantitative estimate of drug-likeness (QED) is 0.480. The Morgan fingerprint density at radius 3 is 2.46 bits per heavy atom. The molecule has 1 heterocycles. The molecule has 7 heteroatoms. The van der Waals surface area contributed by atoms with Crippen molar-refractivity contribution in [1.29, 1.82) is 0 Å². The minimum atomic E-state index is -0.276. The van der Waals surface area contributed by atoms with Crippen molar-refractivity contribution in [3.05, 3.63) is 70.9 Å². The number of hydrogen-bond donors (Lipinski definition) is 1. The van der Waals surface area contributed by atoms with Crippen LogP contribution in [0.25, 0.3) is 5.69 Å². The number of benzene rings is 2. The first-order valence-electron chi connectivity index (χ1n) is 12.0. The molecule has 0 aliphatic carbocycles. The molecule has 7 nitrogen and oxygen atoms in total. The lowest BCUT2D eigenvalue weighted by atomic mass is 9.92. The number of rotatable bonds is 8. The van der Waals surface area contributed by atoms with Crippen molar-refractivity contribution in [2.75, 3.05) is 25.5 Å². The van der Waals surface area contributed by atoms with E-state index in [9.17, 15) is 9.59 Å². The largest absolute Gasteiger partial charge is 0.497 e. The Labute approximate surface area is 208 Å². The molecule has 35 heavy (non-hydrogen) atoms. The zero-order chi connectivity index (χ0) is 25.8. The maximum atomic E-state index is 13.2. The lowest BCUT2D eigenvalue weighted by molar-refractivity contribution is -0.116. The Kier molecular flexibility index (Phi) is 7.99. The second kappa shape index (κ2) is 10.8. The molecule has 3 aromatic rings. The fourth-order valence-corrected chi connectivity index (χ4v) is 3.80. The molecule has 2 aromatic carbocycles. The van der Waals surface area contributed by atoms with Gasteiger partial charge in [0.1, 0.15) is 18.1 Å². The Morgan fingerprint density at radius 1 is 1.09 bits per heavy atom. The van der Waals surface area contributed by atoms with E-state index in [4.69, 9.17) is 9.84 Å². The Bertz CT molecular complexity index is 1210. The van der Waals surface area contributed by atoms with Gasteiger partial charge in [-0.1, -0.05) is 45.9 Å². The van der Waals surface area contributed by atoms with Crippen molar-refractivity contribution in [2.45, 2.75) is 53.4 Å². The average Bonchev–Trinajstić information content (AvgIpc) is 3.24. The number of nitrogens with zero attached hydrogens (tertiary/aromatic N) is 3. The Hall–Kier alpha value is -3.61. The van der Waals surface area contributed by atoms with Crippen LogP contribution in [0.5, 0.6) is 5.75 Å². The van der Waals surface area contributed by atoms with Gasteiger partial charge in [0.05, 0.1) is 18.5 Å². The van der Waals surface area contributed by atoms with Gasteiger partial charge in [0, 0.05) is 23.6 Å². The minimum absolute atomic E-state index is 0.0628. The van der Waals surface area contributed by atoms with Crippen LogP contribution in [0, 0.1) is 13.8 Å². The highest BCUT2D eigenvalue weighted by atomic mass is 16.5. The molecule has 0 saturated heterocycles. The van der Waals surface area contributed by atoms with E-state index in [1.165, 1.54) is 0 Å². The van der Waals surface area contributed by atoms with Gasteiger partial charge < -0.3 is 15.0 Å². The molecule has 0 saturated carbocycles. The Morgan fingerprint density at radius 2 is 1.80 bits per heavy atom. The third-order valence-electron chi connectivity index (χ3n) is 5.98. The topological polar surface area (TPSA) is 76.5 Å². The molecule has 0 aliphatic rings. The molecule has 1 N–H and O–H groups in total. The van der Waals surface area contributed by atoms with E-state index in [0.717, 1.165) is 28.9 Å². The van der Waals surface area contributed by atoms with Gasteiger partial charge in [0.15, 0.2) is 0 Å². The van der Waals surface area contributed by atoms with E-state index in [1.54, 1.807) is 41.0 Å².